The molecule has 1 heterocycles. The number of hydrogen-bond donors (Lipinski definition) is 1. The lowest BCUT2D eigenvalue weighted by Crippen LogP contribution is -2.44. The molecule has 1 aliphatic carbocycles. The summed E-state index contributed by atoms with van der Waals surface area (Å²) in [5.41, 5.74) is 2.01. The number of amides is 1. The largest absolute Gasteiger partial charge is 0.352 e. The minimum Gasteiger partial charge on any atom is -0.352 e. The number of rotatable bonds is 5. The normalized spacial score (nSPS) is 24.2. The first-order valence-corrected chi connectivity index (χ1v) is 10.2. The van der Waals surface area contributed by atoms with Gasteiger partial charge in [0.2, 0.25) is 5.91 Å². The van der Waals surface area contributed by atoms with Crippen molar-refractivity contribution >= 4 is 28.7 Å². The Morgan fingerprint density at radius 3 is 2.92 bits per heavy atom. The smallest absolute Gasteiger partial charge is 0.240 e. The fourth-order valence-corrected chi connectivity index (χ4v) is 4.20. The lowest BCUT2D eigenvalue weighted by molar-refractivity contribution is -0.123. The van der Waals surface area contributed by atoms with Crippen LogP contribution in [0.5, 0.6) is 0 Å². The number of nitrogens with zero attached hydrogens (tertiary/aromatic N) is 2. The van der Waals surface area contributed by atoms with Gasteiger partial charge in [-0.05, 0) is 36.6 Å². The van der Waals surface area contributed by atoms with Crippen LogP contribution in [0, 0.1) is 11.8 Å². The van der Waals surface area contributed by atoms with Gasteiger partial charge in [0.25, 0.3) is 0 Å². The number of para-hydroxylation sites is 2. The number of benzene rings is 1. The number of hydrogen-bond acceptors (Lipinski definition) is 3. The van der Waals surface area contributed by atoms with Crippen molar-refractivity contribution in [3.05, 3.63) is 30.1 Å². The van der Waals surface area contributed by atoms with Gasteiger partial charge in [0.15, 0.2) is 0 Å². The van der Waals surface area contributed by atoms with E-state index in [2.05, 4.69) is 30.0 Å². The first-order valence-electron chi connectivity index (χ1n) is 8.82. The second kappa shape index (κ2) is 7.60. The van der Waals surface area contributed by atoms with Gasteiger partial charge in [-0.1, -0.05) is 38.8 Å². The topological polar surface area (TPSA) is 46.9 Å². The highest BCUT2D eigenvalue weighted by molar-refractivity contribution is 7.97. The molecule has 0 spiro atoms. The first kappa shape index (κ1) is 17.3. The van der Waals surface area contributed by atoms with E-state index in [9.17, 15) is 4.79 Å². The molecule has 1 aliphatic rings. The molecule has 1 N–H and O–H groups in total. The summed E-state index contributed by atoms with van der Waals surface area (Å²) in [6.07, 6.45) is 5.65. The number of aromatic nitrogens is 2. The maximum atomic E-state index is 12.7. The summed E-state index contributed by atoms with van der Waals surface area (Å²) in [4.78, 5) is 17.4. The molecule has 24 heavy (non-hydrogen) atoms. The maximum absolute atomic E-state index is 12.7. The molecule has 0 bridgehead atoms. The molecule has 1 amide bonds. The van der Waals surface area contributed by atoms with Crippen molar-refractivity contribution in [1.82, 2.24) is 14.9 Å². The number of carbonyl (C=O) groups excluding carboxylic acids is 1. The lowest BCUT2D eigenvalue weighted by atomic mass is 9.78. The van der Waals surface area contributed by atoms with Gasteiger partial charge >= 0.3 is 0 Å². The van der Waals surface area contributed by atoms with Gasteiger partial charge in [0.05, 0.1) is 16.8 Å². The van der Waals surface area contributed by atoms with Crippen LogP contribution in [-0.2, 0) is 17.1 Å². The van der Waals surface area contributed by atoms with Crippen LogP contribution in [-0.4, -0.2) is 27.8 Å². The highest BCUT2D eigenvalue weighted by Gasteiger charge is 2.28. The zero-order valence-corrected chi connectivity index (χ0v) is 15.6. The quantitative estimate of drug-likeness (QED) is 0.895. The van der Waals surface area contributed by atoms with E-state index in [4.69, 9.17) is 4.98 Å². The van der Waals surface area contributed by atoms with E-state index in [1.54, 1.807) is 11.8 Å². The molecule has 2 aromatic rings. The Morgan fingerprint density at radius 1 is 1.33 bits per heavy atom. The van der Waals surface area contributed by atoms with Crippen molar-refractivity contribution in [3.8, 4) is 0 Å². The minimum atomic E-state index is 0.103. The Hall–Kier alpha value is -1.49. The number of thioether (sulfide) groups is 1. The average Bonchev–Trinajstić information content (AvgIpc) is 2.90. The third-order valence-electron chi connectivity index (χ3n) is 5.36. The average molecular weight is 346 g/mol. The SMILES string of the molecule is CSCc1nc2ccccc2n1CC(=O)NC1CCCC(C)C1C. The van der Waals surface area contributed by atoms with Gasteiger partial charge in [0, 0.05) is 6.04 Å². The molecular weight excluding hydrogens is 318 g/mol. The van der Waals surface area contributed by atoms with Crippen LogP contribution in [0.3, 0.4) is 0 Å². The molecule has 3 atom stereocenters. The Morgan fingerprint density at radius 2 is 2.12 bits per heavy atom. The van der Waals surface area contributed by atoms with Crippen LogP contribution in [0.15, 0.2) is 24.3 Å². The van der Waals surface area contributed by atoms with Crippen molar-refractivity contribution in [2.24, 2.45) is 11.8 Å². The van der Waals surface area contributed by atoms with E-state index in [1.807, 2.05) is 24.3 Å². The van der Waals surface area contributed by atoms with Gasteiger partial charge in [-0.25, -0.2) is 4.98 Å². The van der Waals surface area contributed by atoms with Crippen molar-refractivity contribution < 1.29 is 4.79 Å². The van der Waals surface area contributed by atoms with Gasteiger partial charge < -0.3 is 9.88 Å². The maximum Gasteiger partial charge on any atom is 0.240 e. The van der Waals surface area contributed by atoms with E-state index >= 15 is 0 Å². The monoisotopic (exact) mass is 345 g/mol. The Labute approximate surface area is 148 Å². The van der Waals surface area contributed by atoms with Crippen molar-refractivity contribution in [1.29, 1.82) is 0 Å². The standard InChI is InChI=1S/C19H27N3OS/c1-13-7-6-9-15(14(13)2)21-19(23)11-22-17-10-5-4-8-16(17)20-18(22)12-24-3/h4-5,8,10,13-15H,6-7,9,11-12H2,1-3H3,(H,21,23). The second-order valence-corrected chi connectivity index (χ2v) is 7.84. The summed E-state index contributed by atoms with van der Waals surface area (Å²) < 4.78 is 2.07. The number of imidazole rings is 1. The Bertz CT molecular complexity index is 712. The molecule has 4 nitrogen and oxygen atoms in total. The third kappa shape index (κ3) is 3.61. The van der Waals surface area contributed by atoms with Crippen molar-refractivity contribution in [3.63, 3.8) is 0 Å². The summed E-state index contributed by atoms with van der Waals surface area (Å²) in [6, 6.07) is 8.36. The summed E-state index contributed by atoms with van der Waals surface area (Å²) in [7, 11) is 0. The molecule has 1 aromatic carbocycles. The van der Waals surface area contributed by atoms with Gasteiger partial charge in [0.1, 0.15) is 12.4 Å². The second-order valence-electron chi connectivity index (χ2n) is 6.98. The van der Waals surface area contributed by atoms with Crippen molar-refractivity contribution in [2.75, 3.05) is 6.26 Å². The molecule has 1 saturated carbocycles. The molecule has 3 unspecified atom stereocenters. The molecule has 0 radical (unpaired) electrons. The third-order valence-corrected chi connectivity index (χ3v) is 5.91. The van der Waals surface area contributed by atoms with Crippen LogP contribution < -0.4 is 5.32 Å². The summed E-state index contributed by atoms with van der Waals surface area (Å²) in [6.45, 7) is 4.91. The molecule has 130 valence electrons. The fourth-order valence-electron chi connectivity index (χ4n) is 3.72. The highest BCUT2D eigenvalue weighted by Crippen LogP contribution is 2.29. The molecule has 5 heteroatoms. The minimum absolute atomic E-state index is 0.103. The van der Waals surface area contributed by atoms with E-state index in [0.717, 1.165) is 29.0 Å². The van der Waals surface area contributed by atoms with Crippen LogP contribution in [0.1, 0.15) is 38.9 Å². The molecule has 0 aliphatic heterocycles. The Kier molecular flexibility index (Phi) is 5.49. The molecule has 1 fully saturated rings. The van der Waals surface area contributed by atoms with E-state index in [0.29, 0.717) is 24.4 Å². The van der Waals surface area contributed by atoms with Crippen LogP contribution in [0.4, 0.5) is 0 Å². The van der Waals surface area contributed by atoms with Gasteiger partial charge in [-0.3, -0.25) is 4.79 Å². The van der Waals surface area contributed by atoms with Crippen molar-refractivity contribution in [2.45, 2.75) is 51.4 Å². The lowest BCUT2D eigenvalue weighted by Gasteiger charge is -2.34. The molecule has 0 saturated heterocycles. The Balaban J connectivity index is 1.76. The number of fused-ring (bicyclic) bond motifs is 1. The predicted octanol–water partition coefficient (Wildman–Crippen LogP) is 3.84. The predicted molar refractivity (Wildman–Crippen MR) is 101 cm³/mol. The fraction of sp³-hybridized carbons (Fsp3) is 0.579. The van der Waals surface area contributed by atoms with Gasteiger partial charge in [-0.2, -0.15) is 11.8 Å². The van der Waals surface area contributed by atoms with E-state index < -0.39 is 0 Å². The summed E-state index contributed by atoms with van der Waals surface area (Å²) >= 11 is 1.73. The molecule has 1 aromatic heterocycles. The molecule has 3 rings (SSSR count). The van der Waals surface area contributed by atoms with E-state index in [1.165, 1.54) is 12.8 Å². The number of carbonyl (C=O) groups is 1. The first-order chi connectivity index (χ1) is 11.6. The zero-order valence-electron chi connectivity index (χ0n) is 14.8. The zero-order chi connectivity index (χ0) is 17.1. The number of nitrogens with one attached hydrogen (secondary N) is 1. The van der Waals surface area contributed by atoms with Crippen LogP contribution in [0.2, 0.25) is 0 Å². The van der Waals surface area contributed by atoms with Gasteiger partial charge in [-0.15, -0.1) is 0 Å². The van der Waals surface area contributed by atoms with E-state index in [-0.39, 0.29) is 5.91 Å². The summed E-state index contributed by atoms with van der Waals surface area (Å²) in [5, 5.41) is 3.28. The highest BCUT2D eigenvalue weighted by atomic mass is 32.2. The summed E-state index contributed by atoms with van der Waals surface area (Å²) in [5.74, 6) is 3.13. The van der Waals surface area contributed by atoms with Crippen LogP contribution >= 0.6 is 11.8 Å². The van der Waals surface area contributed by atoms with Crippen LogP contribution in [0.25, 0.3) is 11.0 Å². The molecular formula is C19H27N3OS.